The summed E-state index contributed by atoms with van der Waals surface area (Å²) in [5.41, 5.74) is 8.28. The van der Waals surface area contributed by atoms with Crippen LogP contribution in [0.25, 0.3) is 0 Å². The molecule has 2 nitrogen and oxygen atoms in total. The molecule has 0 saturated heterocycles. The van der Waals surface area contributed by atoms with Gasteiger partial charge in [-0.25, -0.2) is 0 Å². The molecule has 82 valence electrons. The molecule has 0 bridgehead atoms. The van der Waals surface area contributed by atoms with Gasteiger partial charge in [0.15, 0.2) is 0 Å². The molecule has 1 rings (SSSR count). The Labute approximate surface area is 92.2 Å². The topological polar surface area (TPSA) is 38.4 Å². The van der Waals surface area contributed by atoms with Crippen LogP contribution in [0.5, 0.6) is 0 Å². The van der Waals surface area contributed by atoms with Crippen molar-refractivity contribution in [3.8, 4) is 0 Å². The number of hydrogen-bond acceptors (Lipinski definition) is 2. The van der Waals surface area contributed by atoms with Crippen molar-refractivity contribution in [3.05, 3.63) is 35.4 Å². The maximum absolute atomic E-state index is 5.50. The number of nitrogens with two attached hydrogens (primary N) is 1. The molecule has 0 aliphatic rings. The average Bonchev–Trinajstić information content (AvgIpc) is 2.27. The van der Waals surface area contributed by atoms with Crippen molar-refractivity contribution in [2.45, 2.75) is 25.7 Å². The molecular formula is C13H20N2. The number of hydrogen-bond donors (Lipinski definition) is 1. The Kier molecular flexibility index (Phi) is 5.71. The van der Waals surface area contributed by atoms with E-state index in [9.17, 15) is 0 Å². The van der Waals surface area contributed by atoms with E-state index in [-0.39, 0.29) is 0 Å². The highest BCUT2D eigenvalue weighted by atomic mass is 14.6. The second-order valence-corrected chi connectivity index (χ2v) is 3.69. The van der Waals surface area contributed by atoms with Crippen LogP contribution in [0, 0.1) is 0 Å². The SMILES string of the molecule is CN=CCCc1cccc(CCCN)c1. The van der Waals surface area contributed by atoms with Crippen molar-refractivity contribution >= 4 is 6.21 Å². The lowest BCUT2D eigenvalue weighted by Gasteiger charge is -2.03. The van der Waals surface area contributed by atoms with Crippen molar-refractivity contribution < 1.29 is 0 Å². The van der Waals surface area contributed by atoms with Crippen LogP contribution in [0.3, 0.4) is 0 Å². The molecule has 0 aliphatic carbocycles. The molecule has 0 saturated carbocycles. The highest BCUT2D eigenvalue weighted by molar-refractivity contribution is 5.57. The second kappa shape index (κ2) is 7.18. The number of benzene rings is 1. The summed E-state index contributed by atoms with van der Waals surface area (Å²) in [5, 5.41) is 0. The third kappa shape index (κ3) is 4.75. The van der Waals surface area contributed by atoms with E-state index in [0.717, 1.165) is 32.2 Å². The fourth-order valence-electron chi connectivity index (χ4n) is 1.61. The molecule has 1 aromatic carbocycles. The Hall–Kier alpha value is -1.15. The first-order chi connectivity index (χ1) is 7.36. The molecular weight excluding hydrogens is 184 g/mol. The van der Waals surface area contributed by atoms with E-state index in [1.807, 2.05) is 13.3 Å². The quantitative estimate of drug-likeness (QED) is 0.709. The van der Waals surface area contributed by atoms with Gasteiger partial charge < -0.3 is 10.7 Å². The number of aliphatic imine (C=N–C) groups is 1. The van der Waals surface area contributed by atoms with E-state index in [2.05, 4.69) is 29.3 Å². The van der Waals surface area contributed by atoms with Crippen molar-refractivity contribution in [1.82, 2.24) is 0 Å². The van der Waals surface area contributed by atoms with Gasteiger partial charge in [-0.15, -0.1) is 0 Å². The van der Waals surface area contributed by atoms with E-state index in [1.165, 1.54) is 11.1 Å². The summed E-state index contributed by atoms with van der Waals surface area (Å²) < 4.78 is 0. The summed E-state index contributed by atoms with van der Waals surface area (Å²) in [7, 11) is 1.82. The fourth-order valence-corrected chi connectivity index (χ4v) is 1.61. The zero-order valence-electron chi connectivity index (χ0n) is 9.45. The van der Waals surface area contributed by atoms with Gasteiger partial charge in [-0.2, -0.15) is 0 Å². The van der Waals surface area contributed by atoms with Gasteiger partial charge in [0.2, 0.25) is 0 Å². The van der Waals surface area contributed by atoms with Gasteiger partial charge in [-0.05, 0) is 49.6 Å². The van der Waals surface area contributed by atoms with Gasteiger partial charge >= 0.3 is 0 Å². The number of rotatable bonds is 6. The summed E-state index contributed by atoms with van der Waals surface area (Å²) in [4.78, 5) is 3.98. The molecule has 0 radical (unpaired) electrons. The normalized spacial score (nSPS) is 11.1. The molecule has 1 aromatic rings. The van der Waals surface area contributed by atoms with Crippen LogP contribution in [0.1, 0.15) is 24.0 Å². The number of nitrogens with zero attached hydrogens (tertiary/aromatic N) is 1. The van der Waals surface area contributed by atoms with Crippen LogP contribution in [0.2, 0.25) is 0 Å². The first kappa shape index (κ1) is 11.9. The Morgan fingerprint density at radius 2 is 2.00 bits per heavy atom. The van der Waals surface area contributed by atoms with Crippen LogP contribution in [-0.2, 0) is 12.8 Å². The van der Waals surface area contributed by atoms with Gasteiger partial charge in [0.05, 0.1) is 0 Å². The Bertz CT molecular complexity index is 305. The largest absolute Gasteiger partial charge is 0.330 e. The molecule has 0 heterocycles. The Balaban J connectivity index is 2.49. The molecule has 2 heteroatoms. The minimum Gasteiger partial charge on any atom is -0.330 e. The van der Waals surface area contributed by atoms with Gasteiger partial charge in [-0.1, -0.05) is 24.3 Å². The summed E-state index contributed by atoms with van der Waals surface area (Å²) >= 11 is 0. The molecule has 0 amide bonds. The lowest BCUT2D eigenvalue weighted by molar-refractivity contribution is 0.830. The molecule has 0 spiro atoms. The molecule has 2 N–H and O–H groups in total. The lowest BCUT2D eigenvalue weighted by Crippen LogP contribution is -2.00. The van der Waals surface area contributed by atoms with E-state index in [0.29, 0.717) is 0 Å². The summed E-state index contributed by atoms with van der Waals surface area (Å²) in [5.74, 6) is 0. The van der Waals surface area contributed by atoms with Crippen molar-refractivity contribution in [3.63, 3.8) is 0 Å². The van der Waals surface area contributed by atoms with E-state index in [4.69, 9.17) is 5.73 Å². The lowest BCUT2D eigenvalue weighted by atomic mass is 10.0. The Morgan fingerprint density at radius 3 is 2.67 bits per heavy atom. The summed E-state index contributed by atoms with van der Waals surface area (Å²) in [6.45, 7) is 0.771. The fraction of sp³-hybridized carbons (Fsp3) is 0.462. The smallest absolute Gasteiger partial charge is 0.0273 e. The summed E-state index contributed by atoms with van der Waals surface area (Å²) in [6.07, 6.45) is 6.23. The van der Waals surface area contributed by atoms with Gasteiger partial charge in [0.1, 0.15) is 0 Å². The molecule has 0 unspecified atom stereocenters. The Morgan fingerprint density at radius 1 is 1.27 bits per heavy atom. The highest BCUT2D eigenvalue weighted by Crippen LogP contribution is 2.08. The maximum atomic E-state index is 5.50. The van der Waals surface area contributed by atoms with Crippen molar-refractivity contribution in [2.24, 2.45) is 10.7 Å². The first-order valence-corrected chi connectivity index (χ1v) is 5.55. The van der Waals surface area contributed by atoms with Crippen LogP contribution in [0.4, 0.5) is 0 Å². The standard InChI is InChI=1S/C13H20N2/c1-15-10-4-8-13-6-2-5-12(11-13)7-3-9-14/h2,5-6,10-11H,3-4,7-9,14H2,1H3. The first-order valence-electron chi connectivity index (χ1n) is 5.55. The molecule has 0 atom stereocenters. The predicted octanol–water partition coefficient (Wildman–Crippen LogP) is 2.21. The second-order valence-electron chi connectivity index (χ2n) is 3.69. The van der Waals surface area contributed by atoms with Crippen molar-refractivity contribution in [1.29, 1.82) is 0 Å². The van der Waals surface area contributed by atoms with Gasteiger partial charge in [0.25, 0.3) is 0 Å². The molecule has 0 aromatic heterocycles. The van der Waals surface area contributed by atoms with E-state index >= 15 is 0 Å². The van der Waals surface area contributed by atoms with Crippen LogP contribution >= 0.6 is 0 Å². The minimum absolute atomic E-state index is 0.771. The van der Waals surface area contributed by atoms with Gasteiger partial charge in [0, 0.05) is 7.05 Å². The minimum atomic E-state index is 0.771. The zero-order valence-corrected chi connectivity index (χ0v) is 9.45. The van der Waals surface area contributed by atoms with E-state index in [1.54, 1.807) is 0 Å². The van der Waals surface area contributed by atoms with Crippen LogP contribution in [0.15, 0.2) is 29.3 Å². The maximum Gasteiger partial charge on any atom is 0.0273 e. The third-order valence-corrected chi connectivity index (χ3v) is 2.41. The molecule has 0 aliphatic heterocycles. The highest BCUT2D eigenvalue weighted by Gasteiger charge is 1.95. The predicted molar refractivity (Wildman–Crippen MR) is 66.6 cm³/mol. The number of aryl methyl sites for hydroxylation is 2. The van der Waals surface area contributed by atoms with Gasteiger partial charge in [-0.3, -0.25) is 0 Å². The van der Waals surface area contributed by atoms with Crippen LogP contribution < -0.4 is 5.73 Å². The third-order valence-electron chi connectivity index (χ3n) is 2.41. The van der Waals surface area contributed by atoms with Crippen LogP contribution in [-0.4, -0.2) is 19.8 Å². The average molecular weight is 204 g/mol. The molecule has 15 heavy (non-hydrogen) atoms. The molecule has 0 fully saturated rings. The summed E-state index contributed by atoms with van der Waals surface area (Å²) in [6, 6.07) is 8.76. The zero-order chi connectivity index (χ0) is 10.9. The van der Waals surface area contributed by atoms with E-state index < -0.39 is 0 Å². The van der Waals surface area contributed by atoms with Crippen molar-refractivity contribution in [2.75, 3.05) is 13.6 Å². The monoisotopic (exact) mass is 204 g/mol.